The van der Waals surface area contributed by atoms with E-state index < -0.39 is 12.3 Å². The lowest BCUT2D eigenvalue weighted by atomic mass is 10.1. The number of carbonyl (C=O) groups excluding carboxylic acids is 1. The van der Waals surface area contributed by atoms with Crippen LogP contribution >= 0.6 is 0 Å². The van der Waals surface area contributed by atoms with Gasteiger partial charge in [0.1, 0.15) is 0 Å². The third kappa shape index (κ3) is 5.89. The first kappa shape index (κ1) is 13.3. The Labute approximate surface area is 84.1 Å². The van der Waals surface area contributed by atoms with Crippen molar-refractivity contribution in [2.24, 2.45) is 0 Å². The zero-order valence-electron chi connectivity index (χ0n) is 8.85. The van der Waals surface area contributed by atoms with Crippen LogP contribution in [-0.4, -0.2) is 18.4 Å². The minimum Gasteiger partial charge on any atom is -0.348 e. The number of halogens is 2. The molecule has 0 aromatic rings. The molecule has 1 N–H and O–H groups in total. The molecule has 14 heavy (non-hydrogen) atoms. The molecule has 0 saturated carbocycles. The highest BCUT2D eigenvalue weighted by Crippen LogP contribution is 2.07. The summed E-state index contributed by atoms with van der Waals surface area (Å²) in [7, 11) is 0. The Morgan fingerprint density at radius 3 is 2.29 bits per heavy atom. The first-order valence-corrected chi connectivity index (χ1v) is 5.20. The van der Waals surface area contributed by atoms with Gasteiger partial charge in [-0.2, -0.15) is 8.78 Å². The summed E-state index contributed by atoms with van der Waals surface area (Å²) < 4.78 is 23.9. The molecule has 0 aromatic carbocycles. The minimum atomic E-state index is -2.89. The molecule has 0 aliphatic carbocycles. The van der Waals surface area contributed by atoms with E-state index in [-0.39, 0.29) is 6.04 Å². The van der Waals surface area contributed by atoms with Crippen molar-refractivity contribution >= 4 is 5.91 Å². The summed E-state index contributed by atoms with van der Waals surface area (Å²) in [6.45, 7) is 4.02. The zero-order valence-corrected chi connectivity index (χ0v) is 8.85. The second-order valence-electron chi connectivity index (χ2n) is 3.44. The van der Waals surface area contributed by atoms with Gasteiger partial charge in [-0.05, 0) is 12.8 Å². The highest BCUT2D eigenvalue weighted by molar-refractivity contribution is 5.79. The monoisotopic (exact) mass is 207 g/mol. The molecule has 0 aromatic heterocycles. The van der Waals surface area contributed by atoms with Crippen molar-refractivity contribution in [3.05, 3.63) is 0 Å². The Balaban J connectivity index is 3.88. The van der Waals surface area contributed by atoms with Crippen molar-refractivity contribution in [1.29, 1.82) is 0 Å². The van der Waals surface area contributed by atoms with Crippen LogP contribution < -0.4 is 5.32 Å². The Bertz CT molecular complexity index is 162. The SMILES string of the molecule is CCCCC(CCC)NC(=O)C(F)F. The largest absolute Gasteiger partial charge is 0.348 e. The van der Waals surface area contributed by atoms with Crippen LogP contribution in [0.15, 0.2) is 0 Å². The fourth-order valence-corrected chi connectivity index (χ4v) is 1.35. The number of rotatable bonds is 7. The van der Waals surface area contributed by atoms with Crippen LogP contribution in [0.2, 0.25) is 0 Å². The predicted octanol–water partition coefficient (Wildman–Crippen LogP) is 2.73. The Kier molecular flexibility index (Phi) is 7.34. The van der Waals surface area contributed by atoms with Gasteiger partial charge in [0.2, 0.25) is 0 Å². The van der Waals surface area contributed by atoms with Crippen molar-refractivity contribution in [3.8, 4) is 0 Å². The Morgan fingerprint density at radius 1 is 1.21 bits per heavy atom. The van der Waals surface area contributed by atoms with E-state index in [4.69, 9.17) is 0 Å². The van der Waals surface area contributed by atoms with E-state index in [1.54, 1.807) is 0 Å². The third-order valence-corrected chi connectivity index (χ3v) is 2.09. The van der Waals surface area contributed by atoms with Crippen LogP contribution in [0, 0.1) is 0 Å². The molecule has 0 saturated heterocycles. The lowest BCUT2D eigenvalue weighted by Crippen LogP contribution is -2.38. The van der Waals surface area contributed by atoms with E-state index in [1.165, 1.54) is 0 Å². The molecule has 1 atom stereocenters. The smallest absolute Gasteiger partial charge is 0.315 e. The van der Waals surface area contributed by atoms with Gasteiger partial charge >= 0.3 is 6.43 Å². The molecule has 1 unspecified atom stereocenters. The standard InChI is InChI=1S/C10H19F2NO/c1-3-5-7-8(6-4-2)13-10(14)9(11)12/h8-9H,3-7H2,1-2H3,(H,13,14). The van der Waals surface area contributed by atoms with Crippen LogP contribution in [0.3, 0.4) is 0 Å². The van der Waals surface area contributed by atoms with Crippen LogP contribution in [0.5, 0.6) is 0 Å². The molecule has 0 heterocycles. The molecule has 0 rings (SSSR count). The van der Waals surface area contributed by atoms with Gasteiger partial charge < -0.3 is 5.32 Å². The number of hydrogen-bond donors (Lipinski definition) is 1. The van der Waals surface area contributed by atoms with Gasteiger partial charge in [0.15, 0.2) is 0 Å². The van der Waals surface area contributed by atoms with Crippen molar-refractivity contribution in [2.45, 2.75) is 58.4 Å². The fraction of sp³-hybridized carbons (Fsp3) is 0.900. The Morgan fingerprint density at radius 2 is 1.86 bits per heavy atom. The number of amides is 1. The van der Waals surface area contributed by atoms with Gasteiger partial charge in [-0.15, -0.1) is 0 Å². The number of nitrogens with one attached hydrogen (secondary N) is 1. The van der Waals surface area contributed by atoms with E-state index >= 15 is 0 Å². The maximum Gasteiger partial charge on any atom is 0.315 e. The molecule has 0 radical (unpaired) electrons. The van der Waals surface area contributed by atoms with Crippen molar-refractivity contribution in [2.75, 3.05) is 0 Å². The summed E-state index contributed by atoms with van der Waals surface area (Å²) in [5.41, 5.74) is 0. The molecule has 0 bridgehead atoms. The summed E-state index contributed by atoms with van der Waals surface area (Å²) >= 11 is 0. The van der Waals surface area contributed by atoms with Gasteiger partial charge in [0, 0.05) is 6.04 Å². The van der Waals surface area contributed by atoms with Gasteiger partial charge in [0.25, 0.3) is 5.91 Å². The average molecular weight is 207 g/mol. The highest BCUT2D eigenvalue weighted by atomic mass is 19.3. The van der Waals surface area contributed by atoms with E-state index in [0.29, 0.717) is 0 Å². The summed E-state index contributed by atoms with van der Waals surface area (Å²) in [4.78, 5) is 10.7. The van der Waals surface area contributed by atoms with Gasteiger partial charge in [-0.25, -0.2) is 0 Å². The molecule has 0 spiro atoms. The molecule has 0 aliphatic heterocycles. The van der Waals surface area contributed by atoms with E-state index in [9.17, 15) is 13.6 Å². The van der Waals surface area contributed by atoms with E-state index in [0.717, 1.165) is 32.1 Å². The number of hydrogen-bond acceptors (Lipinski definition) is 1. The quantitative estimate of drug-likeness (QED) is 0.683. The van der Waals surface area contributed by atoms with Gasteiger partial charge in [0.05, 0.1) is 0 Å². The molecular formula is C10H19F2NO. The highest BCUT2D eigenvalue weighted by Gasteiger charge is 2.18. The third-order valence-electron chi connectivity index (χ3n) is 2.09. The zero-order chi connectivity index (χ0) is 11.0. The fourth-order valence-electron chi connectivity index (χ4n) is 1.35. The van der Waals surface area contributed by atoms with E-state index in [2.05, 4.69) is 5.32 Å². The first-order valence-electron chi connectivity index (χ1n) is 5.20. The molecule has 2 nitrogen and oxygen atoms in total. The summed E-state index contributed by atoms with van der Waals surface area (Å²) in [6, 6.07) is -0.0820. The maximum atomic E-state index is 11.9. The summed E-state index contributed by atoms with van der Waals surface area (Å²) in [6.07, 6.45) is 1.56. The molecule has 84 valence electrons. The van der Waals surface area contributed by atoms with Crippen LogP contribution in [0.4, 0.5) is 8.78 Å². The predicted molar refractivity (Wildman–Crippen MR) is 52.4 cm³/mol. The molecular weight excluding hydrogens is 188 g/mol. The van der Waals surface area contributed by atoms with Gasteiger partial charge in [-0.3, -0.25) is 4.79 Å². The number of alkyl halides is 2. The van der Waals surface area contributed by atoms with Crippen molar-refractivity contribution < 1.29 is 13.6 Å². The van der Waals surface area contributed by atoms with Crippen LogP contribution in [0.25, 0.3) is 0 Å². The van der Waals surface area contributed by atoms with Crippen LogP contribution in [-0.2, 0) is 4.79 Å². The normalized spacial score (nSPS) is 12.9. The lowest BCUT2D eigenvalue weighted by Gasteiger charge is -2.17. The van der Waals surface area contributed by atoms with Gasteiger partial charge in [-0.1, -0.05) is 33.1 Å². The molecule has 0 fully saturated rings. The first-order chi connectivity index (χ1) is 6.61. The van der Waals surface area contributed by atoms with Crippen molar-refractivity contribution in [1.82, 2.24) is 5.32 Å². The maximum absolute atomic E-state index is 11.9. The molecule has 1 amide bonds. The minimum absolute atomic E-state index is 0.0820. The average Bonchev–Trinajstić information content (AvgIpc) is 2.14. The lowest BCUT2D eigenvalue weighted by molar-refractivity contribution is -0.132. The number of unbranched alkanes of at least 4 members (excludes halogenated alkanes) is 1. The topological polar surface area (TPSA) is 29.1 Å². The number of carbonyl (C=O) groups is 1. The summed E-state index contributed by atoms with van der Waals surface area (Å²) in [5, 5.41) is 2.36. The van der Waals surface area contributed by atoms with Crippen LogP contribution in [0.1, 0.15) is 46.0 Å². The second-order valence-corrected chi connectivity index (χ2v) is 3.44. The van der Waals surface area contributed by atoms with E-state index in [1.807, 2.05) is 13.8 Å². The molecule has 0 aliphatic rings. The molecule has 4 heteroatoms. The second kappa shape index (κ2) is 7.71. The Hall–Kier alpha value is -0.670. The summed E-state index contributed by atoms with van der Waals surface area (Å²) in [5.74, 6) is -1.14. The van der Waals surface area contributed by atoms with Crippen molar-refractivity contribution in [3.63, 3.8) is 0 Å².